The minimum Gasteiger partial charge on any atom is -0.485 e. The highest BCUT2D eigenvalue weighted by Crippen LogP contribution is 2.27. The molecule has 21 heavy (non-hydrogen) atoms. The second kappa shape index (κ2) is 6.49. The predicted molar refractivity (Wildman–Crippen MR) is 73.3 cm³/mol. The SMILES string of the molecule is O=[N+]([O-])c1ccc(F)cc1COc1c(F)cccc1CCl. The minimum atomic E-state index is -0.651. The van der Waals surface area contributed by atoms with Gasteiger partial charge in [0.1, 0.15) is 12.4 Å². The Bertz CT molecular complexity index is 679. The summed E-state index contributed by atoms with van der Waals surface area (Å²) in [6, 6.07) is 7.24. The first-order valence-corrected chi connectivity index (χ1v) is 6.45. The van der Waals surface area contributed by atoms with Crippen LogP contribution in [0.5, 0.6) is 5.75 Å². The molecule has 2 aromatic carbocycles. The summed E-state index contributed by atoms with van der Waals surface area (Å²) < 4.78 is 32.1. The van der Waals surface area contributed by atoms with Crippen molar-refractivity contribution < 1.29 is 18.4 Å². The van der Waals surface area contributed by atoms with E-state index >= 15 is 0 Å². The van der Waals surface area contributed by atoms with Gasteiger partial charge in [0.15, 0.2) is 11.6 Å². The average molecular weight is 314 g/mol. The van der Waals surface area contributed by atoms with E-state index in [2.05, 4.69) is 0 Å². The summed E-state index contributed by atoms with van der Waals surface area (Å²) in [5, 5.41) is 10.9. The Hall–Kier alpha value is -2.21. The molecule has 0 amide bonds. The van der Waals surface area contributed by atoms with Crippen molar-refractivity contribution in [3.05, 3.63) is 69.3 Å². The van der Waals surface area contributed by atoms with Crippen LogP contribution in [0.15, 0.2) is 36.4 Å². The van der Waals surface area contributed by atoms with Crippen LogP contribution in [0.25, 0.3) is 0 Å². The van der Waals surface area contributed by atoms with Crippen molar-refractivity contribution in [3.8, 4) is 5.75 Å². The fraction of sp³-hybridized carbons (Fsp3) is 0.143. The third-order valence-electron chi connectivity index (χ3n) is 2.80. The smallest absolute Gasteiger partial charge is 0.276 e. The largest absolute Gasteiger partial charge is 0.485 e. The van der Waals surface area contributed by atoms with Crippen LogP contribution in [0.2, 0.25) is 0 Å². The molecule has 110 valence electrons. The van der Waals surface area contributed by atoms with Gasteiger partial charge >= 0.3 is 0 Å². The molecule has 0 saturated carbocycles. The van der Waals surface area contributed by atoms with E-state index in [1.807, 2.05) is 0 Å². The Morgan fingerprint density at radius 2 is 1.95 bits per heavy atom. The quantitative estimate of drug-likeness (QED) is 0.472. The molecule has 0 unspecified atom stereocenters. The first-order valence-electron chi connectivity index (χ1n) is 5.92. The van der Waals surface area contributed by atoms with Crippen LogP contribution < -0.4 is 4.74 Å². The number of ether oxygens (including phenoxy) is 1. The van der Waals surface area contributed by atoms with Gasteiger partial charge in [0.2, 0.25) is 0 Å². The molecule has 7 heteroatoms. The maximum Gasteiger partial charge on any atom is 0.276 e. The molecule has 4 nitrogen and oxygen atoms in total. The van der Waals surface area contributed by atoms with Gasteiger partial charge in [-0.25, -0.2) is 8.78 Å². The third-order valence-corrected chi connectivity index (χ3v) is 3.09. The lowest BCUT2D eigenvalue weighted by Gasteiger charge is -2.11. The lowest BCUT2D eigenvalue weighted by Crippen LogP contribution is -2.04. The van der Waals surface area contributed by atoms with Crippen LogP contribution >= 0.6 is 11.6 Å². The third kappa shape index (κ3) is 3.46. The summed E-state index contributed by atoms with van der Waals surface area (Å²) >= 11 is 5.68. The van der Waals surface area contributed by atoms with Gasteiger partial charge in [0.05, 0.1) is 16.4 Å². The van der Waals surface area contributed by atoms with Gasteiger partial charge in [-0.2, -0.15) is 0 Å². The van der Waals surface area contributed by atoms with E-state index in [1.54, 1.807) is 6.07 Å². The number of rotatable bonds is 5. The number of nitro groups is 1. The molecular weight excluding hydrogens is 304 g/mol. The average Bonchev–Trinajstić information content (AvgIpc) is 2.45. The first kappa shape index (κ1) is 15.2. The highest BCUT2D eigenvalue weighted by atomic mass is 35.5. The van der Waals surface area contributed by atoms with Crippen LogP contribution in [0.3, 0.4) is 0 Å². The molecule has 0 heterocycles. The van der Waals surface area contributed by atoms with Gasteiger partial charge in [-0.1, -0.05) is 12.1 Å². The first-order chi connectivity index (χ1) is 10.0. The standard InChI is InChI=1S/C14H10ClF2NO3/c15-7-9-2-1-3-12(17)14(9)21-8-10-6-11(16)4-5-13(10)18(19)20/h1-6H,7-8H2. The topological polar surface area (TPSA) is 52.4 Å². The Morgan fingerprint density at radius 3 is 2.62 bits per heavy atom. The summed E-state index contributed by atoms with van der Waals surface area (Å²) in [6.45, 7) is -0.334. The second-order valence-corrected chi connectivity index (χ2v) is 4.45. The number of para-hydroxylation sites is 1. The van der Waals surface area contributed by atoms with E-state index in [4.69, 9.17) is 16.3 Å². The molecule has 0 aliphatic rings. The number of hydrogen-bond donors (Lipinski definition) is 0. The Labute approximate surface area is 124 Å². The molecule has 0 saturated heterocycles. The van der Waals surface area contributed by atoms with Crippen molar-refractivity contribution in [2.24, 2.45) is 0 Å². The van der Waals surface area contributed by atoms with E-state index in [-0.39, 0.29) is 29.5 Å². The molecule has 0 bridgehead atoms. The van der Waals surface area contributed by atoms with Crippen molar-refractivity contribution >= 4 is 17.3 Å². The van der Waals surface area contributed by atoms with Crippen LogP contribution in [-0.2, 0) is 12.5 Å². The Morgan fingerprint density at radius 1 is 1.19 bits per heavy atom. The number of nitro benzene ring substituents is 1. The molecule has 0 aliphatic carbocycles. The van der Waals surface area contributed by atoms with Crippen LogP contribution in [0, 0.1) is 21.7 Å². The molecule has 0 aromatic heterocycles. The summed E-state index contributed by atoms with van der Waals surface area (Å²) in [6.07, 6.45) is 0. The molecule has 0 spiro atoms. The Kier molecular flexibility index (Phi) is 4.70. The Balaban J connectivity index is 2.28. The number of alkyl halides is 1. The number of benzene rings is 2. The summed E-state index contributed by atoms with van der Waals surface area (Å²) in [5.41, 5.74) is 0.139. The highest BCUT2D eigenvalue weighted by Gasteiger charge is 2.16. The number of nitrogens with zero attached hydrogens (tertiary/aromatic N) is 1. The maximum absolute atomic E-state index is 13.7. The van der Waals surface area contributed by atoms with Gasteiger partial charge in [-0.3, -0.25) is 10.1 Å². The predicted octanol–water partition coefficient (Wildman–Crippen LogP) is 4.19. The summed E-state index contributed by atoms with van der Waals surface area (Å²) in [4.78, 5) is 10.2. The molecule has 0 radical (unpaired) electrons. The molecule has 2 rings (SSSR count). The van der Waals surface area contributed by atoms with Crippen LogP contribution in [-0.4, -0.2) is 4.92 Å². The number of halogens is 3. The summed E-state index contributed by atoms with van der Waals surface area (Å²) in [7, 11) is 0. The molecule has 0 aliphatic heterocycles. The maximum atomic E-state index is 13.7. The zero-order chi connectivity index (χ0) is 15.4. The van der Waals surface area contributed by atoms with E-state index in [1.165, 1.54) is 12.1 Å². The van der Waals surface area contributed by atoms with Crippen LogP contribution in [0.1, 0.15) is 11.1 Å². The zero-order valence-electron chi connectivity index (χ0n) is 10.7. The molecule has 0 fully saturated rings. The van der Waals surface area contributed by atoms with Crippen molar-refractivity contribution in [2.45, 2.75) is 12.5 Å². The van der Waals surface area contributed by atoms with Gasteiger partial charge in [-0.05, 0) is 18.2 Å². The summed E-state index contributed by atoms with van der Waals surface area (Å²) in [5.74, 6) is -1.33. The van der Waals surface area contributed by atoms with E-state index < -0.39 is 16.6 Å². The normalized spacial score (nSPS) is 10.4. The molecular formula is C14H10ClF2NO3. The fourth-order valence-electron chi connectivity index (χ4n) is 1.82. The molecule has 0 N–H and O–H groups in total. The fourth-order valence-corrected chi connectivity index (χ4v) is 2.03. The lowest BCUT2D eigenvalue weighted by atomic mass is 10.2. The highest BCUT2D eigenvalue weighted by molar-refractivity contribution is 6.17. The van der Waals surface area contributed by atoms with Gasteiger partial charge in [-0.15, -0.1) is 11.6 Å². The van der Waals surface area contributed by atoms with Crippen LogP contribution in [0.4, 0.5) is 14.5 Å². The van der Waals surface area contributed by atoms with Gasteiger partial charge < -0.3 is 4.74 Å². The monoisotopic (exact) mass is 313 g/mol. The molecule has 2 aromatic rings. The van der Waals surface area contributed by atoms with E-state index in [0.29, 0.717) is 5.56 Å². The van der Waals surface area contributed by atoms with Crippen molar-refractivity contribution in [1.82, 2.24) is 0 Å². The van der Waals surface area contributed by atoms with Crippen molar-refractivity contribution in [2.75, 3.05) is 0 Å². The van der Waals surface area contributed by atoms with Crippen molar-refractivity contribution in [1.29, 1.82) is 0 Å². The number of hydrogen-bond acceptors (Lipinski definition) is 3. The minimum absolute atomic E-state index is 0.0174. The zero-order valence-corrected chi connectivity index (χ0v) is 11.4. The van der Waals surface area contributed by atoms with Gasteiger partial charge in [0, 0.05) is 11.6 Å². The second-order valence-electron chi connectivity index (χ2n) is 4.18. The van der Waals surface area contributed by atoms with E-state index in [9.17, 15) is 18.9 Å². The lowest BCUT2D eigenvalue weighted by molar-refractivity contribution is -0.385. The van der Waals surface area contributed by atoms with Crippen molar-refractivity contribution in [3.63, 3.8) is 0 Å². The molecule has 0 atom stereocenters. The van der Waals surface area contributed by atoms with Gasteiger partial charge in [0.25, 0.3) is 5.69 Å². The van der Waals surface area contributed by atoms with E-state index in [0.717, 1.165) is 18.2 Å².